The zero-order valence-electron chi connectivity index (χ0n) is 18.7. The fourth-order valence-corrected chi connectivity index (χ4v) is 4.65. The Morgan fingerprint density at radius 2 is 1.32 bits per heavy atom. The van der Waals surface area contributed by atoms with Crippen molar-refractivity contribution in [1.82, 2.24) is 0 Å². The highest BCUT2D eigenvalue weighted by atomic mass is 31.2. The van der Waals surface area contributed by atoms with Gasteiger partial charge in [-0.25, -0.2) is 0 Å². The molecule has 2 aromatic carbocycles. The van der Waals surface area contributed by atoms with E-state index in [1.54, 1.807) is 12.1 Å². The van der Waals surface area contributed by atoms with E-state index in [9.17, 15) is 14.2 Å². The van der Waals surface area contributed by atoms with Gasteiger partial charge < -0.3 is 24.0 Å². The predicted molar refractivity (Wildman–Crippen MR) is 125 cm³/mol. The Morgan fingerprint density at radius 3 is 1.82 bits per heavy atom. The summed E-state index contributed by atoms with van der Waals surface area (Å²) in [6, 6.07) is 17.0. The lowest BCUT2D eigenvalue weighted by molar-refractivity contribution is -0.138. The molecule has 34 heavy (non-hydrogen) atoms. The molecule has 0 bridgehead atoms. The number of benzene rings is 2. The summed E-state index contributed by atoms with van der Waals surface area (Å²) in [5.74, 6) is -1.45. The molecule has 0 amide bonds. The fraction of sp³-hybridized carbons (Fsp3) is 0.375. The van der Waals surface area contributed by atoms with E-state index in [2.05, 4.69) is 6.07 Å². The molecular formula is C24H28NO8P. The van der Waals surface area contributed by atoms with Crippen molar-refractivity contribution in [3.8, 4) is 22.9 Å². The van der Waals surface area contributed by atoms with Crippen LogP contribution in [0.3, 0.4) is 0 Å². The molecule has 0 aliphatic heterocycles. The predicted octanol–water partition coefficient (Wildman–Crippen LogP) is 4.95. The molecule has 0 heterocycles. The maximum absolute atomic E-state index is 12.7. The van der Waals surface area contributed by atoms with Gasteiger partial charge in [-0.1, -0.05) is 24.3 Å². The van der Waals surface area contributed by atoms with Crippen LogP contribution in [0.1, 0.15) is 37.7 Å². The number of unbranched alkanes of at least 4 members (excludes halogenated alkanes) is 2. The molecule has 0 unspecified atom stereocenters. The highest BCUT2D eigenvalue weighted by molar-refractivity contribution is 7.53. The second kappa shape index (κ2) is 14.2. The molecule has 0 fully saturated rings. The number of nitrogens with zero attached hydrogens (tertiary/aromatic N) is 1. The minimum atomic E-state index is -3.56. The summed E-state index contributed by atoms with van der Waals surface area (Å²) in [5, 5.41) is 26.3. The van der Waals surface area contributed by atoms with E-state index in [1.165, 1.54) is 0 Å². The quantitative estimate of drug-likeness (QED) is 0.247. The molecule has 2 N–H and O–H groups in total. The number of nitriles is 1. The summed E-state index contributed by atoms with van der Waals surface area (Å²) in [6.45, 7) is -0.0667. The molecule has 10 heteroatoms. The van der Waals surface area contributed by atoms with Crippen LogP contribution in [0, 0.1) is 11.3 Å². The molecule has 0 spiro atoms. The van der Waals surface area contributed by atoms with E-state index in [-0.39, 0.29) is 32.2 Å². The summed E-state index contributed by atoms with van der Waals surface area (Å²) in [4.78, 5) is 21.3. The molecule has 2 aromatic rings. The number of carboxylic acid groups (broad SMARTS) is 2. The van der Waals surface area contributed by atoms with Gasteiger partial charge in [-0.15, -0.1) is 0 Å². The van der Waals surface area contributed by atoms with Gasteiger partial charge in [0.05, 0.1) is 50.5 Å². The van der Waals surface area contributed by atoms with Crippen molar-refractivity contribution >= 4 is 19.5 Å². The van der Waals surface area contributed by atoms with Gasteiger partial charge in [0.25, 0.3) is 0 Å². The normalized spacial score (nSPS) is 11.0. The lowest BCUT2D eigenvalue weighted by Crippen LogP contribution is -2.08. The number of carbonyl (C=O) groups is 2. The summed E-state index contributed by atoms with van der Waals surface area (Å²) >= 11 is 0. The zero-order chi connectivity index (χ0) is 24.8. The number of hydrogen-bond acceptors (Lipinski definition) is 7. The van der Waals surface area contributed by atoms with Crippen LogP contribution in [0.25, 0.3) is 11.1 Å². The van der Waals surface area contributed by atoms with Gasteiger partial charge in [0.15, 0.2) is 0 Å². The molecule has 2 rings (SSSR count). The maximum Gasteiger partial charge on any atom is 0.330 e. The highest BCUT2D eigenvalue weighted by Gasteiger charge is 2.24. The third-order valence-corrected chi connectivity index (χ3v) is 6.77. The Bertz CT molecular complexity index is 991. The fourth-order valence-electron chi connectivity index (χ4n) is 2.97. The molecule has 0 aliphatic rings. The van der Waals surface area contributed by atoms with Crippen LogP contribution in [0.2, 0.25) is 0 Å². The van der Waals surface area contributed by atoms with Crippen LogP contribution >= 0.6 is 7.60 Å². The third-order valence-electron chi connectivity index (χ3n) is 4.75. The molecule has 0 aliphatic carbocycles. The van der Waals surface area contributed by atoms with Crippen LogP contribution in [0.5, 0.6) is 5.75 Å². The van der Waals surface area contributed by atoms with E-state index in [4.69, 9.17) is 29.3 Å². The second-order valence-electron chi connectivity index (χ2n) is 7.41. The summed E-state index contributed by atoms with van der Waals surface area (Å²) in [6.07, 6.45) is 1.32. The summed E-state index contributed by atoms with van der Waals surface area (Å²) in [7, 11) is -3.56. The minimum absolute atomic E-state index is 0.0749. The van der Waals surface area contributed by atoms with Gasteiger partial charge in [-0.2, -0.15) is 5.26 Å². The first kappa shape index (κ1) is 27.1. The smallest absolute Gasteiger partial charge is 0.330 e. The molecule has 0 aromatic heterocycles. The Hall–Kier alpha value is -3.18. The van der Waals surface area contributed by atoms with Crippen molar-refractivity contribution in [3.63, 3.8) is 0 Å². The van der Waals surface area contributed by atoms with Gasteiger partial charge in [-0.05, 0) is 54.7 Å². The van der Waals surface area contributed by atoms with E-state index >= 15 is 0 Å². The largest absolute Gasteiger partial charge is 0.494 e. The van der Waals surface area contributed by atoms with E-state index in [1.807, 2.05) is 36.4 Å². The minimum Gasteiger partial charge on any atom is -0.494 e. The lowest BCUT2D eigenvalue weighted by atomic mass is 10.0. The van der Waals surface area contributed by atoms with Gasteiger partial charge in [0.1, 0.15) is 5.75 Å². The van der Waals surface area contributed by atoms with Crippen molar-refractivity contribution < 1.29 is 38.2 Å². The standard InChI is InChI=1S/C24H28NO8P/c25-18-19-4-6-20(7-5-19)21-8-10-22(11-9-21)31-14-2-1-3-17-34(30,32-15-12-23(26)27)33-16-13-24(28)29/h4-11H,1-3,12-17H2,(H,26,27)(H,28,29). The van der Waals surface area contributed by atoms with Crippen LogP contribution in [-0.4, -0.2) is 48.1 Å². The van der Waals surface area contributed by atoms with Crippen molar-refractivity contribution in [3.05, 3.63) is 54.1 Å². The Kier molecular flexibility index (Phi) is 11.3. The molecule has 0 saturated heterocycles. The molecule has 182 valence electrons. The zero-order valence-corrected chi connectivity index (χ0v) is 19.6. The van der Waals surface area contributed by atoms with Gasteiger partial charge >= 0.3 is 19.5 Å². The average Bonchev–Trinajstić information content (AvgIpc) is 2.81. The average molecular weight is 489 g/mol. The van der Waals surface area contributed by atoms with Crippen molar-refractivity contribution in [1.29, 1.82) is 5.26 Å². The van der Waals surface area contributed by atoms with Crippen LogP contribution < -0.4 is 4.74 Å². The monoisotopic (exact) mass is 489 g/mol. The first-order valence-corrected chi connectivity index (χ1v) is 12.6. The van der Waals surface area contributed by atoms with Crippen LogP contribution in [-0.2, 0) is 23.2 Å². The molecule has 0 saturated carbocycles. The van der Waals surface area contributed by atoms with Crippen LogP contribution in [0.15, 0.2) is 48.5 Å². The van der Waals surface area contributed by atoms with Crippen LogP contribution in [0.4, 0.5) is 0 Å². The number of ether oxygens (including phenoxy) is 1. The van der Waals surface area contributed by atoms with Gasteiger partial charge in [0, 0.05) is 0 Å². The Balaban J connectivity index is 1.73. The lowest BCUT2D eigenvalue weighted by Gasteiger charge is -2.18. The van der Waals surface area contributed by atoms with E-state index in [0.717, 1.165) is 16.9 Å². The van der Waals surface area contributed by atoms with Crippen molar-refractivity contribution in [2.75, 3.05) is 26.0 Å². The Morgan fingerprint density at radius 1 is 0.794 bits per heavy atom. The number of hydrogen-bond donors (Lipinski definition) is 2. The first-order chi connectivity index (χ1) is 16.3. The topological polar surface area (TPSA) is 143 Å². The van der Waals surface area contributed by atoms with E-state index in [0.29, 0.717) is 31.4 Å². The van der Waals surface area contributed by atoms with Gasteiger partial charge in [0.2, 0.25) is 0 Å². The molecule has 9 nitrogen and oxygen atoms in total. The first-order valence-electron chi connectivity index (χ1n) is 10.9. The number of rotatable bonds is 16. The molecule has 0 atom stereocenters. The molecular weight excluding hydrogens is 461 g/mol. The van der Waals surface area contributed by atoms with Crippen molar-refractivity contribution in [2.24, 2.45) is 0 Å². The van der Waals surface area contributed by atoms with E-state index < -0.39 is 19.5 Å². The summed E-state index contributed by atoms with van der Waals surface area (Å²) < 4.78 is 28.8. The van der Waals surface area contributed by atoms with Gasteiger partial charge in [-0.3, -0.25) is 14.2 Å². The second-order valence-corrected chi connectivity index (χ2v) is 9.60. The maximum atomic E-state index is 12.7. The SMILES string of the molecule is N#Cc1ccc(-c2ccc(OCCCCCP(=O)(OCCC(=O)O)OCCC(=O)O)cc2)cc1. The number of aliphatic carboxylic acids is 2. The van der Waals surface area contributed by atoms with Crippen molar-refractivity contribution in [2.45, 2.75) is 32.1 Å². The third kappa shape index (κ3) is 10.2. The Labute approximate surface area is 198 Å². The number of carboxylic acids is 2. The molecule has 0 radical (unpaired) electrons. The highest BCUT2D eigenvalue weighted by Crippen LogP contribution is 2.49. The summed E-state index contributed by atoms with van der Waals surface area (Å²) in [5.41, 5.74) is 2.63.